The predicted molar refractivity (Wildman–Crippen MR) is 54.3 cm³/mol. The summed E-state index contributed by atoms with van der Waals surface area (Å²) in [6.07, 6.45) is -1.33. The van der Waals surface area contributed by atoms with Crippen LogP contribution in [0.15, 0.2) is 21.9 Å². The first kappa shape index (κ1) is 10.3. The first-order chi connectivity index (χ1) is 6.02. The molecular formula is C8H8O3S2. The van der Waals surface area contributed by atoms with Crippen LogP contribution in [-0.2, 0) is 0 Å². The summed E-state index contributed by atoms with van der Waals surface area (Å²) in [5, 5.41) is 8.39. The summed E-state index contributed by atoms with van der Waals surface area (Å²) in [4.78, 5) is 11.6. The van der Waals surface area contributed by atoms with Crippen molar-refractivity contribution in [2.45, 2.75) is 16.7 Å². The van der Waals surface area contributed by atoms with Crippen LogP contribution in [0.5, 0.6) is 5.75 Å². The maximum atomic E-state index is 10.3. The summed E-state index contributed by atoms with van der Waals surface area (Å²) in [5.74, 6) is 0.287. The second-order valence-corrected chi connectivity index (χ2v) is 3.35. The van der Waals surface area contributed by atoms with Gasteiger partial charge in [0.25, 0.3) is 0 Å². The van der Waals surface area contributed by atoms with Crippen molar-refractivity contribution in [3.63, 3.8) is 0 Å². The van der Waals surface area contributed by atoms with Crippen LogP contribution >= 0.6 is 25.3 Å². The molecule has 1 N–H and O–H groups in total. The van der Waals surface area contributed by atoms with E-state index in [0.29, 0.717) is 15.4 Å². The van der Waals surface area contributed by atoms with Crippen molar-refractivity contribution in [1.82, 2.24) is 0 Å². The van der Waals surface area contributed by atoms with Crippen LogP contribution in [0.4, 0.5) is 4.79 Å². The molecule has 1 aromatic carbocycles. The minimum Gasteiger partial charge on any atom is -0.449 e. The van der Waals surface area contributed by atoms with Gasteiger partial charge in [0.15, 0.2) is 0 Å². The van der Waals surface area contributed by atoms with Crippen molar-refractivity contribution in [3.05, 3.63) is 17.7 Å². The quantitative estimate of drug-likeness (QED) is 0.384. The average molecular weight is 216 g/mol. The van der Waals surface area contributed by atoms with E-state index in [0.717, 1.165) is 0 Å². The Morgan fingerprint density at radius 3 is 2.62 bits per heavy atom. The zero-order chi connectivity index (χ0) is 10.0. The van der Waals surface area contributed by atoms with Crippen LogP contribution in [0.3, 0.4) is 0 Å². The number of benzene rings is 1. The van der Waals surface area contributed by atoms with Gasteiger partial charge >= 0.3 is 6.16 Å². The van der Waals surface area contributed by atoms with E-state index in [1.165, 1.54) is 0 Å². The van der Waals surface area contributed by atoms with E-state index in [-0.39, 0.29) is 5.75 Å². The molecule has 13 heavy (non-hydrogen) atoms. The minimum atomic E-state index is -1.33. The molecule has 1 rings (SSSR count). The van der Waals surface area contributed by atoms with Crippen LogP contribution in [0.2, 0.25) is 0 Å². The molecule has 0 aromatic heterocycles. The molecule has 0 radical (unpaired) electrons. The Morgan fingerprint density at radius 2 is 2.08 bits per heavy atom. The number of carbonyl (C=O) groups is 1. The fourth-order valence-electron chi connectivity index (χ4n) is 0.872. The molecule has 5 heteroatoms. The van der Waals surface area contributed by atoms with E-state index < -0.39 is 6.16 Å². The van der Waals surface area contributed by atoms with Crippen LogP contribution in [-0.4, -0.2) is 11.3 Å². The molecule has 0 bridgehead atoms. The normalized spacial score (nSPS) is 9.77. The van der Waals surface area contributed by atoms with Crippen molar-refractivity contribution in [1.29, 1.82) is 0 Å². The third-order valence-corrected chi connectivity index (χ3v) is 2.68. The van der Waals surface area contributed by atoms with Gasteiger partial charge < -0.3 is 9.84 Å². The van der Waals surface area contributed by atoms with Gasteiger partial charge in [-0.25, -0.2) is 4.79 Å². The Hall–Kier alpha value is -0.810. The third kappa shape index (κ3) is 2.32. The number of carboxylic acid groups (broad SMARTS) is 1. The SMILES string of the molecule is Cc1c(OC(=O)O)ccc(S)c1S. The molecule has 0 aliphatic heterocycles. The van der Waals surface area contributed by atoms with Crippen LogP contribution < -0.4 is 4.74 Å². The van der Waals surface area contributed by atoms with Crippen LogP contribution in [0, 0.1) is 6.92 Å². The number of rotatable bonds is 1. The van der Waals surface area contributed by atoms with E-state index in [1.807, 2.05) is 0 Å². The predicted octanol–water partition coefficient (Wildman–Crippen LogP) is 2.63. The Kier molecular flexibility index (Phi) is 3.11. The number of hydrogen-bond acceptors (Lipinski definition) is 4. The van der Waals surface area contributed by atoms with E-state index in [2.05, 4.69) is 30.0 Å². The Bertz CT molecular complexity index is 349. The van der Waals surface area contributed by atoms with Crippen molar-refractivity contribution in [2.75, 3.05) is 0 Å². The molecule has 0 amide bonds. The van der Waals surface area contributed by atoms with Crippen LogP contribution in [0.25, 0.3) is 0 Å². The summed E-state index contributed by atoms with van der Waals surface area (Å²) in [6.45, 7) is 1.72. The van der Waals surface area contributed by atoms with Gasteiger partial charge in [-0.15, -0.1) is 25.3 Å². The van der Waals surface area contributed by atoms with Gasteiger partial charge in [-0.1, -0.05) is 0 Å². The van der Waals surface area contributed by atoms with Gasteiger partial charge in [-0.2, -0.15) is 0 Å². The molecule has 0 aliphatic rings. The summed E-state index contributed by atoms with van der Waals surface area (Å²) >= 11 is 8.28. The highest BCUT2D eigenvalue weighted by molar-refractivity contribution is 7.83. The largest absolute Gasteiger partial charge is 0.511 e. The van der Waals surface area contributed by atoms with E-state index in [1.54, 1.807) is 19.1 Å². The Balaban J connectivity index is 3.10. The minimum absolute atomic E-state index is 0.287. The molecule has 1 aromatic rings. The Labute approximate surface area is 86.5 Å². The second-order valence-electron chi connectivity index (χ2n) is 2.42. The highest BCUT2D eigenvalue weighted by Gasteiger charge is 2.08. The van der Waals surface area contributed by atoms with E-state index in [9.17, 15) is 4.79 Å². The number of hydrogen-bond donors (Lipinski definition) is 3. The third-order valence-electron chi connectivity index (χ3n) is 1.56. The van der Waals surface area contributed by atoms with Crippen molar-refractivity contribution in [3.8, 4) is 5.75 Å². The molecule has 0 atom stereocenters. The highest BCUT2D eigenvalue weighted by atomic mass is 32.1. The van der Waals surface area contributed by atoms with Gasteiger partial charge in [-0.05, 0) is 19.1 Å². The first-order valence-electron chi connectivity index (χ1n) is 3.44. The molecule has 0 saturated carbocycles. The molecular weight excluding hydrogens is 208 g/mol. The summed E-state index contributed by atoms with van der Waals surface area (Å²) in [6, 6.07) is 3.18. The summed E-state index contributed by atoms with van der Waals surface area (Å²) in [5.41, 5.74) is 0.665. The van der Waals surface area contributed by atoms with Crippen molar-refractivity contribution in [2.24, 2.45) is 0 Å². The summed E-state index contributed by atoms with van der Waals surface area (Å²) in [7, 11) is 0. The molecule has 0 saturated heterocycles. The first-order valence-corrected chi connectivity index (χ1v) is 4.34. The molecule has 0 aliphatic carbocycles. The topological polar surface area (TPSA) is 46.5 Å². The van der Waals surface area contributed by atoms with Crippen LogP contribution in [0.1, 0.15) is 5.56 Å². The molecule has 0 heterocycles. The van der Waals surface area contributed by atoms with E-state index in [4.69, 9.17) is 5.11 Å². The summed E-state index contributed by atoms with van der Waals surface area (Å²) < 4.78 is 4.51. The molecule has 3 nitrogen and oxygen atoms in total. The zero-order valence-electron chi connectivity index (χ0n) is 6.81. The maximum absolute atomic E-state index is 10.3. The Morgan fingerprint density at radius 1 is 1.46 bits per heavy atom. The van der Waals surface area contributed by atoms with Gasteiger partial charge in [0.1, 0.15) is 5.75 Å². The lowest BCUT2D eigenvalue weighted by molar-refractivity contribution is 0.144. The lowest BCUT2D eigenvalue weighted by atomic mass is 10.2. The van der Waals surface area contributed by atoms with Crippen molar-refractivity contribution < 1.29 is 14.6 Å². The monoisotopic (exact) mass is 216 g/mol. The highest BCUT2D eigenvalue weighted by Crippen LogP contribution is 2.29. The standard InChI is InChI=1S/C8H8O3S2/c1-4-5(11-8(9)10)2-3-6(12)7(4)13/h2-3,12-13H,1H3,(H,9,10). The lowest BCUT2D eigenvalue weighted by Crippen LogP contribution is -2.04. The fourth-order valence-corrected chi connectivity index (χ4v) is 1.30. The van der Waals surface area contributed by atoms with Gasteiger partial charge in [0.05, 0.1) is 0 Å². The average Bonchev–Trinajstić information content (AvgIpc) is 2.06. The molecule has 0 fully saturated rings. The van der Waals surface area contributed by atoms with Gasteiger partial charge in [-0.3, -0.25) is 0 Å². The van der Waals surface area contributed by atoms with Gasteiger partial charge in [0, 0.05) is 15.4 Å². The zero-order valence-corrected chi connectivity index (χ0v) is 8.60. The second kappa shape index (κ2) is 3.93. The van der Waals surface area contributed by atoms with Gasteiger partial charge in [0.2, 0.25) is 0 Å². The molecule has 0 unspecified atom stereocenters. The smallest absolute Gasteiger partial charge is 0.449 e. The molecule has 0 spiro atoms. The fraction of sp³-hybridized carbons (Fsp3) is 0.125. The van der Waals surface area contributed by atoms with Crippen molar-refractivity contribution >= 4 is 31.4 Å². The number of thiol groups is 2. The number of ether oxygens (including phenoxy) is 1. The maximum Gasteiger partial charge on any atom is 0.511 e. The molecule has 70 valence electrons. The van der Waals surface area contributed by atoms with E-state index >= 15 is 0 Å². The lowest BCUT2D eigenvalue weighted by Gasteiger charge is -2.07.